The smallest absolute Gasteiger partial charge is 0.343 e. The van der Waals surface area contributed by atoms with Gasteiger partial charge in [-0.3, -0.25) is 9.59 Å². The number of amides is 1. The first-order valence-corrected chi connectivity index (χ1v) is 8.39. The number of ether oxygens (including phenoxy) is 1. The summed E-state index contributed by atoms with van der Waals surface area (Å²) in [6.45, 7) is 4.55. The number of aromatic nitrogens is 1. The van der Waals surface area contributed by atoms with E-state index >= 15 is 0 Å². The molecule has 1 aromatic heterocycles. The molecular formula is C18H20FN3O4. The zero-order chi connectivity index (χ0) is 19.2. The number of hydrogen-bond donors (Lipinski definition) is 2. The zero-order valence-corrected chi connectivity index (χ0v) is 14.8. The first-order valence-electron chi connectivity index (χ1n) is 8.39. The molecule has 0 spiro atoms. The van der Waals surface area contributed by atoms with Gasteiger partial charge in [-0.25, -0.2) is 9.18 Å². The van der Waals surface area contributed by atoms with Crippen LogP contribution >= 0.6 is 0 Å². The molecule has 8 heteroatoms. The van der Waals surface area contributed by atoms with Gasteiger partial charge in [0.05, 0.1) is 28.9 Å². The molecule has 1 aromatic carbocycles. The quantitative estimate of drug-likeness (QED) is 0.643. The number of benzene rings is 1. The van der Waals surface area contributed by atoms with Crippen LogP contribution in [-0.4, -0.2) is 23.1 Å². The molecule has 138 valence electrons. The zero-order valence-electron chi connectivity index (χ0n) is 14.8. The van der Waals surface area contributed by atoms with E-state index < -0.39 is 23.1 Å². The maximum Gasteiger partial charge on any atom is 0.343 e. The minimum atomic E-state index is -0.884. The van der Waals surface area contributed by atoms with Crippen molar-refractivity contribution in [2.75, 3.05) is 17.7 Å². The highest BCUT2D eigenvalue weighted by atomic mass is 19.1. The molecule has 1 aliphatic rings. The van der Waals surface area contributed by atoms with E-state index in [2.05, 4.69) is 5.32 Å². The molecule has 2 aromatic rings. The number of anilines is 2. The Bertz CT molecular complexity index is 993. The average Bonchev–Trinajstić information content (AvgIpc) is 3.41. The number of hydrogen-bond acceptors (Lipinski definition) is 5. The first-order chi connectivity index (χ1) is 12.3. The largest absolute Gasteiger partial charge is 0.462 e. The van der Waals surface area contributed by atoms with Crippen molar-refractivity contribution in [3.05, 3.63) is 33.4 Å². The molecule has 0 radical (unpaired) electrons. The number of nitrogens with one attached hydrogen (secondary N) is 1. The van der Waals surface area contributed by atoms with Crippen LogP contribution in [-0.2, 0) is 9.53 Å². The number of carbonyl (C=O) groups is 2. The molecule has 3 N–H and O–H groups in total. The third-order valence-electron chi connectivity index (χ3n) is 4.44. The molecule has 1 fully saturated rings. The lowest BCUT2D eigenvalue weighted by molar-refractivity contribution is -0.114. The summed E-state index contributed by atoms with van der Waals surface area (Å²) < 4.78 is 21.5. The number of nitrogen functional groups attached to an aromatic ring is 1. The van der Waals surface area contributed by atoms with Crippen LogP contribution in [0.25, 0.3) is 10.9 Å². The molecule has 1 aliphatic carbocycles. The van der Waals surface area contributed by atoms with Crippen molar-refractivity contribution < 1.29 is 18.7 Å². The van der Waals surface area contributed by atoms with E-state index in [0.717, 1.165) is 12.8 Å². The van der Waals surface area contributed by atoms with Crippen LogP contribution in [0.5, 0.6) is 0 Å². The van der Waals surface area contributed by atoms with Crippen molar-refractivity contribution in [1.82, 2.24) is 4.57 Å². The van der Waals surface area contributed by atoms with E-state index in [1.165, 1.54) is 13.1 Å². The lowest BCUT2D eigenvalue weighted by atomic mass is 10.0. The third-order valence-corrected chi connectivity index (χ3v) is 4.44. The van der Waals surface area contributed by atoms with Crippen LogP contribution < -0.4 is 16.5 Å². The third kappa shape index (κ3) is 2.81. The van der Waals surface area contributed by atoms with Gasteiger partial charge in [0.1, 0.15) is 5.56 Å². The molecule has 0 bridgehead atoms. The number of fused-ring (bicyclic) bond motifs is 1. The standard InChI is InChI=1S/C18H20FN3O4/c1-4-26-18(25)11-7-22(10-5-6-10)16-8(2)14(20)13(19)15(21-9(3)23)12(16)17(11)24/h7,10H,4-6,20H2,1-3H3,(H,21,23). The van der Waals surface area contributed by atoms with Crippen molar-refractivity contribution in [3.63, 3.8) is 0 Å². The number of aryl methyl sites for hydroxylation is 1. The highest BCUT2D eigenvalue weighted by Crippen LogP contribution is 2.41. The number of esters is 1. The Morgan fingerprint density at radius 2 is 2.08 bits per heavy atom. The predicted molar refractivity (Wildman–Crippen MR) is 95.8 cm³/mol. The van der Waals surface area contributed by atoms with E-state index in [4.69, 9.17) is 10.5 Å². The van der Waals surface area contributed by atoms with Crippen LogP contribution in [0.2, 0.25) is 0 Å². The number of halogens is 1. The van der Waals surface area contributed by atoms with Crippen molar-refractivity contribution in [2.24, 2.45) is 0 Å². The molecule has 3 rings (SSSR count). The van der Waals surface area contributed by atoms with Gasteiger partial charge in [-0.1, -0.05) is 0 Å². The summed E-state index contributed by atoms with van der Waals surface area (Å²) in [6, 6.07) is 0.0833. The van der Waals surface area contributed by atoms with Gasteiger partial charge in [-0.15, -0.1) is 0 Å². The van der Waals surface area contributed by atoms with E-state index in [9.17, 15) is 18.8 Å². The van der Waals surface area contributed by atoms with E-state index in [-0.39, 0.29) is 35.0 Å². The highest BCUT2D eigenvalue weighted by Gasteiger charge is 2.31. The molecule has 7 nitrogen and oxygen atoms in total. The molecular weight excluding hydrogens is 341 g/mol. The Labute approximate surface area is 148 Å². The van der Waals surface area contributed by atoms with Gasteiger partial charge >= 0.3 is 5.97 Å². The Hall–Kier alpha value is -2.90. The van der Waals surface area contributed by atoms with Gasteiger partial charge in [0.2, 0.25) is 11.3 Å². The predicted octanol–water partition coefficient (Wildman–Crippen LogP) is 2.50. The number of nitrogens with zero attached hydrogens (tertiary/aromatic N) is 1. The first kappa shape index (κ1) is 17.9. The van der Waals surface area contributed by atoms with E-state index in [1.807, 2.05) is 0 Å². The van der Waals surface area contributed by atoms with Crippen LogP contribution in [0.15, 0.2) is 11.0 Å². The van der Waals surface area contributed by atoms with Crippen molar-refractivity contribution in [1.29, 1.82) is 0 Å². The summed E-state index contributed by atoms with van der Waals surface area (Å²) in [7, 11) is 0. The molecule has 1 saturated carbocycles. The number of pyridine rings is 1. The highest BCUT2D eigenvalue weighted by molar-refractivity contribution is 6.06. The number of rotatable bonds is 4. The fourth-order valence-corrected chi connectivity index (χ4v) is 3.07. The second-order valence-corrected chi connectivity index (χ2v) is 6.36. The number of nitrogens with two attached hydrogens (primary N) is 1. The Morgan fingerprint density at radius 1 is 1.42 bits per heavy atom. The van der Waals surface area contributed by atoms with Crippen LogP contribution in [0.1, 0.15) is 48.7 Å². The summed E-state index contributed by atoms with van der Waals surface area (Å²) in [4.78, 5) is 36.8. The maximum absolute atomic E-state index is 14.8. The van der Waals surface area contributed by atoms with Crippen molar-refractivity contribution in [2.45, 2.75) is 39.7 Å². The van der Waals surface area contributed by atoms with E-state index in [0.29, 0.717) is 11.1 Å². The molecule has 0 saturated heterocycles. The molecule has 0 aliphatic heterocycles. The maximum atomic E-state index is 14.8. The summed E-state index contributed by atoms with van der Waals surface area (Å²) in [5, 5.41) is 2.28. The van der Waals surface area contributed by atoms with Gasteiger partial charge < -0.3 is 20.4 Å². The summed E-state index contributed by atoms with van der Waals surface area (Å²) in [5.74, 6) is -2.21. The average molecular weight is 361 g/mol. The van der Waals surface area contributed by atoms with E-state index in [1.54, 1.807) is 18.4 Å². The Balaban J connectivity index is 2.48. The molecule has 0 unspecified atom stereocenters. The van der Waals surface area contributed by atoms with Gasteiger partial charge in [0, 0.05) is 19.2 Å². The van der Waals surface area contributed by atoms with Gasteiger partial charge in [0.25, 0.3) is 0 Å². The topological polar surface area (TPSA) is 103 Å². The normalized spacial score (nSPS) is 13.7. The lowest BCUT2D eigenvalue weighted by Gasteiger charge is -2.19. The van der Waals surface area contributed by atoms with Crippen molar-refractivity contribution >= 4 is 34.2 Å². The summed E-state index contributed by atoms with van der Waals surface area (Å²) in [5.41, 5.74) is 5.36. The molecule has 26 heavy (non-hydrogen) atoms. The molecule has 1 heterocycles. The Morgan fingerprint density at radius 3 is 2.62 bits per heavy atom. The van der Waals surface area contributed by atoms with Gasteiger partial charge in [-0.2, -0.15) is 0 Å². The number of carbonyl (C=O) groups excluding carboxylic acids is 2. The van der Waals surface area contributed by atoms with Crippen molar-refractivity contribution in [3.8, 4) is 0 Å². The second kappa shape index (κ2) is 6.44. The second-order valence-electron chi connectivity index (χ2n) is 6.36. The van der Waals surface area contributed by atoms with Gasteiger partial charge in [0.15, 0.2) is 5.82 Å². The molecule has 1 amide bonds. The summed E-state index contributed by atoms with van der Waals surface area (Å²) >= 11 is 0. The minimum Gasteiger partial charge on any atom is -0.462 e. The Kier molecular flexibility index (Phi) is 4.43. The summed E-state index contributed by atoms with van der Waals surface area (Å²) in [6.07, 6.45) is 3.18. The SMILES string of the molecule is CCOC(=O)c1cn(C2CC2)c2c(C)c(N)c(F)c(NC(C)=O)c2c1=O. The minimum absolute atomic E-state index is 0.0677. The molecule has 0 atom stereocenters. The lowest BCUT2D eigenvalue weighted by Crippen LogP contribution is -2.24. The van der Waals surface area contributed by atoms with Crippen LogP contribution in [0.4, 0.5) is 15.8 Å². The fourth-order valence-electron chi connectivity index (χ4n) is 3.07. The fraction of sp³-hybridized carbons (Fsp3) is 0.389. The van der Waals surface area contributed by atoms with Gasteiger partial charge in [-0.05, 0) is 32.3 Å². The van der Waals surface area contributed by atoms with Crippen LogP contribution in [0.3, 0.4) is 0 Å². The monoisotopic (exact) mass is 361 g/mol. The van der Waals surface area contributed by atoms with Crippen LogP contribution in [0, 0.1) is 12.7 Å².